The molecule has 0 saturated carbocycles. The molecule has 1 rings (SSSR count). The van der Waals surface area contributed by atoms with E-state index in [2.05, 4.69) is 0 Å². The van der Waals surface area contributed by atoms with Gasteiger partial charge in [-0.05, 0) is 44.5 Å². The number of rotatable bonds is 5. The predicted molar refractivity (Wildman–Crippen MR) is 64.5 cm³/mol. The Morgan fingerprint density at radius 1 is 1.41 bits per heavy atom. The lowest BCUT2D eigenvalue weighted by Crippen LogP contribution is -2.18. The molecule has 4 nitrogen and oxygen atoms in total. The van der Waals surface area contributed by atoms with Crippen molar-refractivity contribution in [2.24, 2.45) is 0 Å². The van der Waals surface area contributed by atoms with Crippen molar-refractivity contribution in [2.75, 3.05) is 0 Å². The molecule has 0 aliphatic rings. The lowest BCUT2D eigenvalue weighted by atomic mass is 10.1. The SMILES string of the molecule is Cc1cc(O[C@H](C)C[C@H](C)O)ccc1C(=O)O. The van der Waals surface area contributed by atoms with Crippen LogP contribution in [0, 0.1) is 6.92 Å². The first-order valence-corrected chi connectivity index (χ1v) is 5.58. The standard InChI is InChI=1S/C13H18O4/c1-8-6-11(4-5-12(8)13(15)16)17-10(3)7-9(2)14/h4-6,9-10,14H,7H2,1-3H3,(H,15,16)/t9-,10+/m0/s1. The van der Waals surface area contributed by atoms with Crippen molar-refractivity contribution in [3.05, 3.63) is 29.3 Å². The molecule has 17 heavy (non-hydrogen) atoms. The molecular weight excluding hydrogens is 220 g/mol. The van der Waals surface area contributed by atoms with E-state index < -0.39 is 12.1 Å². The summed E-state index contributed by atoms with van der Waals surface area (Å²) < 4.78 is 5.59. The second-order valence-corrected chi connectivity index (χ2v) is 4.30. The van der Waals surface area contributed by atoms with Gasteiger partial charge in [0.15, 0.2) is 0 Å². The maximum atomic E-state index is 10.8. The van der Waals surface area contributed by atoms with Gasteiger partial charge in [0.05, 0.1) is 17.8 Å². The van der Waals surface area contributed by atoms with Crippen LogP contribution in [-0.4, -0.2) is 28.4 Å². The average molecular weight is 238 g/mol. The van der Waals surface area contributed by atoms with Crippen molar-refractivity contribution < 1.29 is 19.7 Å². The second kappa shape index (κ2) is 5.68. The van der Waals surface area contributed by atoms with Crippen molar-refractivity contribution in [3.8, 4) is 5.75 Å². The van der Waals surface area contributed by atoms with E-state index in [0.29, 0.717) is 17.7 Å². The highest BCUT2D eigenvalue weighted by Crippen LogP contribution is 2.19. The Kier molecular flexibility index (Phi) is 4.52. The summed E-state index contributed by atoms with van der Waals surface area (Å²) >= 11 is 0. The minimum absolute atomic E-state index is 0.106. The van der Waals surface area contributed by atoms with Crippen LogP contribution in [0.4, 0.5) is 0 Å². The topological polar surface area (TPSA) is 66.8 Å². The van der Waals surface area contributed by atoms with Crippen LogP contribution in [-0.2, 0) is 0 Å². The zero-order valence-electron chi connectivity index (χ0n) is 10.3. The number of carboxylic acids is 1. The molecule has 0 bridgehead atoms. The summed E-state index contributed by atoms with van der Waals surface area (Å²) in [6.07, 6.45) is 0.0224. The fourth-order valence-corrected chi connectivity index (χ4v) is 1.71. The summed E-state index contributed by atoms with van der Waals surface area (Å²) in [6.45, 7) is 5.31. The van der Waals surface area contributed by atoms with E-state index in [1.165, 1.54) is 6.07 Å². The first-order valence-electron chi connectivity index (χ1n) is 5.58. The quantitative estimate of drug-likeness (QED) is 0.825. The zero-order chi connectivity index (χ0) is 13.0. The Bertz CT molecular complexity index is 398. The number of aliphatic hydroxyl groups is 1. The van der Waals surface area contributed by atoms with Gasteiger partial charge in [0.25, 0.3) is 0 Å². The molecule has 1 aromatic rings. The number of carbonyl (C=O) groups is 1. The Morgan fingerprint density at radius 2 is 2.06 bits per heavy atom. The molecule has 0 spiro atoms. The van der Waals surface area contributed by atoms with E-state index in [-0.39, 0.29) is 11.7 Å². The monoisotopic (exact) mass is 238 g/mol. The third-order valence-electron chi connectivity index (χ3n) is 2.44. The third kappa shape index (κ3) is 4.07. The molecule has 0 aliphatic heterocycles. The number of carboxylic acid groups (broad SMARTS) is 1. The van der Waals surface area contributed by atoms with Crippen molar-refractivity contribution in [2.45, 2.75) is 39.4 Å². The molecule has 0 aliphatic carbocycles. The summed E-state index contributed by atoms with van der Waals surface area (Å²) in [7, 11) is 0. The molecule has 0 fully saturated rings. The number of benzene rings is 1. The highest BCUT2D eigenvalue weighted by Gasteiger charge is 2.11. The molecule has 2 atom stereocenters. The zero-order valence-corrected chi connectivity index (χ0v) is 10.3. The van der Waals surface area contributed by atoms with Gasteiger partial charge >= 0.3 is 5.97 Å². The van der Waals surface area contributed by atoms with Gasteiger partial charge < -0.3 is 14.9 Å². The van der Waals surface area contributed by atoms with Crippen molar-refractivity contribution in [3.63, 3.8) is 0 Å². The van der Waals surface area contributed by atoms with Gasteiger partial charge in [-0.25, -0.2) is 4.79 Å². The third-order valence-corrected chi connectivity index (χ3v) is 2.44. The summed E-state index contributed by atoms with van der Waals surface area (Å²) in [5, 5.41) is 18.1. The van der Waals surface area contributed by atoms with E-state index >= 15 is 0 Å². The first-order chi connectivity index (χ1) is 7.90. The Morgan fingerprint density at radius 3 is 2.53 bits per heavy atom. The normalized spacial score (nSPS) is 14.1. The van der Waals surface area contributed by atoms with Gasteiger partial charge in [0.2, 0.25) is 0 Å². The minimum atomic E-state index is -0.939. The molecule has 0 unspecified atom stereocenters. The van der Waals surface area contributed by atoms with E-state index in [4.69, 9.17) is 9.84 Å². The molecule has 0 aromatic heterocycles. The number of hydrogen-bond acceptors (Lipinski definition) is 3. The average Bonchev–Trinajstić information content (AvgIpc) is 2.15. The Balaban J connectivity index is 2.74. The number of aryl methyl sites for hydroxylation is 1. The summed E-state index contributed by atoms with van der Waals surface area (Å²) in [4.78, 5) is 10.8. The van der Waals surface area contributed by atoms with Gasteiger partial charge in [0.1, 0.15) is 5.75 Å². The van der Waals surface area contributed by atoms with Crippen LogP contribution in [0.3, 0.4) is 0 Å². The van der Waals surface area contributed by atoms with Crippen molar-refractivity contribution in [1.29, 1.82) is 0 Å². The molecule has 0 heterocycles. The molecule has 4 heteroatoms. The minimum Gasteiger partial charge on any atom is -0.491 e. The predicted octanol–water partition coefficient (Wildman–Crippen LogP) is 2.23. The molecule has 94 valence electrons. The molecule has 2 N–H and O–H groups in total. The molecule has 1 aromatic carbocycles. The molecule has 0 amide bonds. The fraction of sp³-hybridized carbons (Fsp3) is 0.462. The summed E-state index contributed by atoms with van der Waals surface area (Å²) in [5.41, 5.74) is 0.944. The number of ether oxygens (including phenoxy) is 1. The van der Waals surface area contributed by atoms with E-state index in [9.17, 15) is 9.90 Å². The Labute approximate surface area is 101 Å². The van der Waals surface area contributed by atoms with Crippen LogP contribution in [0.5, 0.6) is 5.75 Å². The molecule has 0 radical (unpaired) electrons. The van der Waals surface area contributed by atoms with Gasteiger partial charge in [0, 0.05) is 6.42 Å². The smallest absolute Gasteiger partial charge is 0.335 e. The van der Waals surface area contributed by atoms with E-state index in [0.717, 1.165) is 0 Å². The largest absolute Gasteiger partial charge is 0.491 e. The highest BCUT2D eigenvalue weighted by atomic mass is 16.5. The maximum absolute atomic E-state index is 10.8. The van der Waals surface area contributed by atoms with E-state index in [1.54, 1.807) is 26.0 Å². The second-order valence-electron chi connectivity index (χ2n) is 4.30. The fourth-order valence-electron chi connectivity index (χ4n) is 1.71. The van der Waals surface area contributed by atoms with Crippen LogP contribution >= 0.6 is 0 Å². The van der Waals surface area contributed by atoms with Crippen LogP contribution in [0.2, 0.25) is 0 Å². The molecular formula is C13H18O4. The maximum Gasteiger partial charge on any atom is 0.335 e. The van der Waals surface area contributed by atoms with Gasteiger partial charge in [-0.3, -0.25) is 0 Å². The van der Waals surface area contributed by atoms with Gasteiger partial charge in [-0.1, -0.05) is 0 Å². The number of hydrogen-bond donors (Lipinski definition) is 2. The highest BCUT2D eigenvalue weighted by molar-refractivity contribution is 5.89. The van der Waals surface area contributed by atoms with Crippen LogP contribution < -0.4 is 4.74 Å². The summed E-state index contributed by atoms with van der Waals surface area (Å²) in [5.74, 6) is -0.313. The number of aliphatic hydroxyl groups excluding tert-OH is 1. The number of aromatic carboxylic acids is 1. The van der Waals surface area contributed by atoms with Crippen molar-refractivity contribution in [1.82, 2.24) is 0 Å². The van der Waals surface area contributed by atoms with Crippen LogP contribution in [0.1, 0.15) is 36.2 Å². The van der Waals surface area contributed by atoms with Crippen LogP contribution in [0.15, 0.2) is 18.2 Å². The van der Waals surface area contributed by atoms with E-state index in [1.807, 2.05) is 6.92 Å². The Hall–Kier alpha value is -1.55. The molecule has 0 saturated heterocycles. The van der Waals surface area contributed by atoms with Gasteiger partial charge in [-0.15, -0.1) is 0 Å². The van der Waals surface area contributed by atoms with Crippen molar-refractivity contribution >= 4 is 5.97 Å². The first kappa shape index (κ1) is 13.5. The lowest BCUT2D eigenvalue weighted by Gasteiger charge is -2.16. The lowest BCUT2D eigenvalue weighted by molar-refractivity contribution is 0.0696. The summed E-state index contributed by atoms with van der Waals surface area (Å²) in [6, 6.07) is 4.86. The van der Waals surface area contributed by atoms with Gasteiger partial charge in [-0.2, -0.15) is 0 Å². The van der Waals surface area contributed by atoms with Crippen LogP contribution in [0.25, 0.3) is 0 Å².